The molecule has 2 nitrogen and oxygen atoms in total. The molecule has 3 aromatic rings. The molecule has 0 spiro atoms. The third kappa shape index (κ3) is 5.10. The van der Waals surface area contributed by atoms with Gasteiger partial charge in [0.15, 0.2) is 0 Å². The van der Waals surface area contributed by atoms with Gasteiger partial charge in [0.25, 0.3) is 5.52 Å². The van der Waals surface area contributed by atoms with Crippen LogP contribution in [0.15, 0.2) is 47.2 Å². The lowest BCUT2D eigenvalue weighted by atomic mass is 9.87. The Kier molecular flexibility index (Phi) is 5.49. The molecule has 0 saturated carbocycles. The van der Waals surface area contributed by atoms with Crippen LogP contribution in [-0.4, -0.2) is 7.25 Å². The van der Waals surface area contributed by atoms with E-state index in [1.165, 1.54) is 16.7 Å². The fourth-order valence-corrected chi connectivity index (χ4v) is 2.55. The summed E-state index contributed by atoms with van der Waals surface area (Å²) >= 11 is 0. The second-order valence-electron chi connectivity index (χ2n) is 7.29. The summed E-state index contributed by atoms with van der Waals surface area (Å²) in [5.41, 5.74) is 7.22. The molecule has 0 bridgehead atoms. The van der Waals surface area contributed by atoms with Crippen molar-refractivity contribution >= 4 is 18.4 Å². The van der Waals surface area contributed by atoms with Gasteiger partial charge in [-0.25, -0.2) is 0 Å². The van der Waals surface area contributed by atoms with Crippen molar-refractivity contribution in [3.63, 3.8) is 0 Å². The molecule has 0 aliphatic carbocycles. The molecule has 140 valence electrons. The van der Waals surface area contributed by atoms with Crippen molar-refractivity contribution in [2.24, 2.45) is 0 Å². The molecule has 0 aliphatic heterocycles. The highest BCUT2D eigenvalue weighted by Crippen LogP contribution is 2.23. The van der Waals surface area contributed by atoms with Gasteiger partial charge in [0.2, 0.25) is 11.3 Å². The summed E-state index contributed by atoms with van der Waals surface area (Å²) < 4.78 is 46.8. The monoisotopic (exact) mass is 367 g/mol. The van der Waals surface area contributed by atoms with Crippen LogP contribution >= 0.6 is 0 Å². The highest BCUT2D eigenvalue weighted by molar-refractivity contribution is 6.50. The summed E-state index contributed by atoms with van der Waals surface area (Å²) in [6.45, 7) is 10.9. The molecule has 0 fully saturated rings. The fourth-order valence-electron chi connectivity index (χ4n) is 2.55. The van der Waals surface area contributed by atoms with Crippen molar-refractivity contribution in [3.05, 3.63) is 59.5 Å². The Bertz CT molecular complexity index is 887. The molecular weight excluding hydrogens is 345 g/mol. The van der Waals surface area contributed by atoms with E-state index in [9.17, 15) is 17.3 Å². The largest absolute Gasteiger partial charge is 0.673 e. The fraction of sp³-hybridized carbons (Fsp3) is 0.316. The Morgan fingerprint density at radius 1 is 0.885 bits per heavy atom. The molecule has 7 heteroatoms. The lowest BCUT2D eigenvalue weighted by molar-refractivity contribution is -0.573. The molecular formula is C19H22BF4NO. The minimum atomic E-state index is -6.00. The standard InChI is InChI=1S/C19H22NO.BF4/c1-13-10-17-18(11-14(13)2)21-12-20(17)16-8-6-15(7-9-16)19(3,4)5;2-1(3,4)5/h6-12H,1-5H3;/q+1;-1. The molecule has 26 heavy (non-hydrogen) atoms. The number of benzene rings is 2. The van der Waals surface area contributed by atoms with Gasteiger partial charge in [0.05, 0.1) is 0 Å². The Morgan fingerprint density at radius 2 is 1.38 bits per heavy atom. The zero-order valence-corrected chi connectivity index (χ0v) is 15.5. The van der Waals surface area contributed by atoms with Gasteiger partial charge in [-0.3, -0.25) is 0 Å². The first-order valence-electron chi connectivity index (χ1n) is 8.24. The van der Waals surface area contributed by atoms with E-state index in [0.717, 1.165) is 16.8 Å². The van der Waals surface area contributed by atoms with Gasteiger partial charge < -0.3 is 21.7 Å². The van der Waals surface area contributed by atoms with Crippen molar-refractivity contribution < 1.29 is 26.2 Å². The van der Waals surface area contributed by atoms with Crippen LogP contribution in [0.5, 0.6) is 0 Å². The molecule has 0 unspecified atom stereocenters. The molecule has 0 amide bonds. The topological polar surface area (TPSA) is 17.0 Å². The van der Waals surface area contributed by atoms with Crippen molar-refractivity contribution in [3.8, 4) is 5.69 Å². The number of aryl methyl sites for hydroxylation is 2. The summed E-state index contributed by atoms with van der Waals surface area (Å²) in [6, 6.07) is 13.0. The first-order valence-corrected chi connectivity index (χ1v) is 8.24. The van der Waals surface area contributed by atoms with Crippen LogP contribution in [0.3, 0.4) is 0 Å². The maximum Gasteiger partial charge on any atom is 0.673 e. The van der Waals surface area contributed by atoms with Crippen LogP contribution < -0.4 is 4.57 Å². The molecule has 0 aliphatic rings. The van der Waals surface area contributed by atoms with Crippen molar-refractivity contribution in [1.29, 1.82) is 0 Å². The molecule has 1 heterocycles. The normalized spacial score (nSPS) is 12.0. The third-order valence-electron chi connectivity index (χ3n) is 4.13. The van der Waals surface area contributed by atoms with Crippen molar-refractivity contribution in [1.82, 2.24) is 0 Å². The molecule has 2 aromatic carbocycles. The van der Waals surface area contributed by atoms with Crippen LogP contribution in [0.2, 0.25) is 0 Å². The molecule has 0 saturated heterocycles. The molecule has 0 N–H and O–H groups in total. The molecule has 0 radical (unpaired) electrons. The van der Waals surface area contributed by atoms with Crippen LogP contribution in [0, 0.1) is 13.8 Å². The lowest BCUT2D eigenvalue weighted by Gasteiger charge is -2.18. The van der Waals surface area contributed by atoms with Gasteiger partial charge in [0.1, 0.15) is 0 Å². The van der Waals surface area contributed by atoms with E-state index in [0.29, 0.717) is 0 Å². The number of fused-ring (bicyclic) bond motifs is 1. The predicted octanol–water partition coefficient (Wildman–Crippen LogP) is 5.92. The first kappa shape index (κ1) is 20.0. The quantitative estimate of drug-likeness (QED) is 0.296. The van der Waals surface area contributed by atoms with Gasteiger partial charge in [-0.2, -0.15) is 0 Å². The van der Waals surface area contributed by atoms with Gasteiger partial charge in [-0.15, -0.1) is 4.57 Å². The Morgan fingerprint density at radius 3 is 1.88 bits per heavy atom. The number of halogens is 4. The van der Waals surface area contributed by atoms with E-state index in [4.69, 9.17) is 4.42 Å². The van der Waals surface area contributed by atoms with Crippen molar-refractivity contribution in [2.75, 3.05) is 0 Å². The van der Waals surface area contributed by atoms with E-state index in [1.54, 1.807) is 6.39 Å². The minimum Gasteiger partial charge on any atom is -0.418 e. The number of nitrogens with zero attached hydrogens (tertiary/aromatic N) is 1. The van der Waals surface area contributed by atoms with E-state index in [-0.39, 0.29) is 5.41 Å². The first-order chi connectivity index (χ1) is 11.9. The molecule has 1 aromatic heterocycles. The van der Waals surface area contributed by atoms with E-state index in [2.05, 4.69) is 75.6 Å². The molecule has 3 rings (SSSR count). The number of hydrogen-bond donors (Lipinski definition) is 0. The summed E-state index contributed by atoms with van der Waals surface area (Å²) in [5.74, 6) is 0. The predicted molar refractivity (Wildman–Crippen MR) is 96.1 cm³/mol. The highest BCUT2D eigenvalue weighted by Gasteiger charge is 2.21. The van der Waals surface area contributed by atoms with Crippen LogP contribution in [0.25, 0.3) is 16.8 Å². The van der Waals surface area contributed by atoms with E-state index in [1.807, 2.05) is 0 Å². The zero-order valence-electron chi connectivity index (χ0n) is 15.5. The number of aromatic nitrogens is 1. The Balaban J connectivity index is 0.000000431. The van der Waals surface area contributed by atoms with Crippen LogP contribution in [0.1, 0.15) is 37.5 Å². The van der Waals surface area contributed by atoms with Crippen LogP contribution in [0.4, 0.5) is 17.3 Å². The summed E-state index contributed by atoms with van der Waals surface area (Å²) in [5, 5.41) is 0. The maximum atomic E-state index is 9.75. The third-order valence-corrected chi connectivity index (χ3v) is 4.13. The summed E-state index contributed by atoms with van der Waals surface area (Å²) in [6.07, 6.45) is 1.79. The Labute approximate surface area is 150 Å². The SMILES string of the molecule is Cc1cc2oc[n+](-c3ccc(C(C)(C)C)cc3)c2cc1C.F[B-](F)(F)F. The summed E-state index contributed by atoms with van der Waals surface area (Å²) in [7, 11) is -6.00. The Hall–Kier alpha value is -2.31. The smallest absolute Gasteiger partial charge is 0.418 e. The van der Waals surface area contributed by atoms with Gasteiger partial charge in [0, 0.05) is 18.2 Å². The number of oxazole rings is 1. The summed E-state index contributed by atoms with van der Waals surface area (Å²) in [4.78, 5) is 0. The van der Waals surface area contributed by atoms with Gasteiger partial charge in [-0.05, 0) is 42.0 Å². The second kappa shape index (κ2) is 7.13. The van der Waals surface area contributed by atoms with E-state index < -0.39 is 7.25 Å². The van der Waals surface area contributed by atoms with Gasteiger partial charge >= 0.3 is 13.6 Å². The maximum absolute atomic E-state index is 9.75. The molecule has 0 atom stereocenters. The highest BCUT2D eigenvalue weighted by atomic mass is 19.5. The zero-order chi connectivity index (χ0) is 19.7. The average molecular weight is 367 g/mol. The number of hydrogen-bond acceptors (Lipinski definition) is 1. The van der Waals surface area contributed by atoms with Crippen molar-refractivity contribution in [2.45, 2.75) is 40.0 Å². The van der Waals surface area contributed by atoms with E-state index >= 15 is 0 Å². The van der Waals surface area contributed by atoms with Crippen LogP contribution in [-0.2, 0) is 5.41 Å². The number of rotatable bonds is 1. The van der Waals surface area contributed by atoms with Gasteiger partial charge in [-0.1, -0.05) is 32.9 Å². The minimum absolute atomic E-state index is 0.176. The average Bonchev–Trinajstić information content (AvgIpc) is 2.88. The lowest BCUT2D eigenvalue weighted by Crippen LogP contribution is -2.28. The second-order valence-corrected chi connectivity index (χ2v) is 7.29.